The first-order chi connectivity index (χ1) is 12.1. The van der Waals surface area contributed by atoms with Gasteiger partial charge < -0.3 is 30.6 Å². The molecule has 0 radical (unpaired) electrons. The molecular formula is C18H34O9. The second-order valence-electron chi connectivity index (χ2n) is 4.75. The fourth-order valence-electron chi connectivity index (χ4n) is 0.153. The number of carboxylic acid groups (broad SMARTS) is 3. The van der Waals surface area contributed by atoms with Crippen molar-refractivity contribution in [3.63, 3.8) is 0 Å². The molecule has 0 saturated carbocycles. The molecule has 0 bridgehead atoms. The van der Waals surface area contributed by atoms with E-state index in [0.29, 0.717) is 0 Å². The third kappa shape index (κ3) is 45.2. The molecule has 0 aliphatic heterocycles. The number of rotatable bonds is 5. The molecule has 9 heteroatoms. The fraction of sp³-hybridized carbons (Fsp3) is 0.500. The van der Waals surface area contributed by atoms with Gasteiger partial charge in [-0.3, -0.25) is 0 Å². The molecule has 0 fully saturated rings. The SMILES string of the molecule is C=C(C)C(=O)O.C=C(C)C(=O)O.C=C(C)C(=O)O.CC.CC(O)C(O)CO. The maximum atomic E-state index is 9.60. The van der Waals surface area contributed by atoms with E-state index in [2.05, 4.69) is 19.7 Å². The van der Waals surface area contributed by atoms with Crippen LogP contribution in [0.25, 0.3) is 0 Å². The molecule has 0 amide bonds. The van der Waals surface area contributed by atoms with Gasteiger partial charge in [0.1, 0.15) is 6.10 Å². The highest BCUT2D eigenvalue weighted by Crippen LogP contribution is 1.87. The summed E-state index contributed by atoms with van der Waals surface area (Å²) in [4.78, 5) is 28.8. The van der Waals surface area contributed by atoms with E-state index in [9.17, 15) is 14.4 Å². The summed E-state index contributed by atoms with van der Waals surface area (Å²) >= 11 is 0. The van der Waals surface area contributed by atoms with Crippen molar-refractivity contribution in [2.75, 3.05) is 6.61 Å². The van der Waals surface area contributed by atoms with Gasteiger partial charge >= 0.3 is 17.9 Å². The summed E-state index contributed by atoms with van der Waals surface area (Å²) in [5, 5.41) is 48.6. The third-order valence-electron chi connectivity index (χ3n) is 1.84. The molecule has 160 valence electrons. The molecular weight excluding hydrogens is 360 g/mol. The summed E-state index contributed by atoms with van der Waals surface area (Å²) < 4.78 is 0. The van der Waals surface area contributed by atoms with Gasteiger partial charge in [-0.15, -0.1) is 0 Å². The zero-order valence-electron chi connectivity index (χ0n) is 16.9. The van der Waals surface area contributed by atoms with Crippen LogP contribution >= 0.6 is 0 Å². The maximum absolute atomic E-state index is 9.60. The number of hydrogen-bond acceptors (Lipinski definition) is 6. The van der Waals surface area contributed by atoms with Gasteiger partial charge in [-0.05, 0) is 27.7 Å². The molecule has 0 saturated heterocycles. The highest BCUT2D eigenvalue weighted by Gasteiger charge is 2.06. The second kappa shape index (κ2) is 23.5. The van der Waals surface area contributed by atoms with Crippen molar-refractivity contribution in [3.8, 4) is 0 Å². The van der Waals surface area contributed by atoms with Gasteiger partial charge in [0, 0.05) is 16.7 Å². The Hall–Kier alpha value is -2.49. The molecule has 2 atom stereocenters. The Labute approximate surface area is 160 Å². The molecule has 0 aliphatic rings. The lowest BCUT2D eigenvalue weighted by Crippen LogP contribution is -2.25. The van der Waals surface area contributed by atoms with Crippen molar-refractivity contribution in [3.05, 3.63) is 36.5 Å². The quantitative estimate of drug-likeness (QED) is 0.379. The molecule has 0 aromatic rings. The zero-order chi connectivity index (χ0) is 23.3. The summed E-state index contributed by atoms with van der Waals surface area (Å²) in [6.45, 7) is 18.8. The Morgan fingerprint density at radius 1 is 0.741 bits per heavy atom. The number of carbonyl (C=O) groups is 3. The van der Waals surface area contributed by atoms with Crippen molar-refractivity contribution in [2.24, 2.45) is 0 Å². The molecule has 2 unspecified atom stereocenters. The van der Waals surface area contributed by atoms with Gasteiger partial charge in [-0.25, -0.2) is 14.4 Å². The predicted octanol–water partition coefficient (Wildman–Crippen LogP) is 1.69. The standard InChI is InChI=1S/C4H10O3.3C4H6O2.C2H6/c1-3(6)4(7)2-5;3*1-3(2)4(5)6;1-2/h3-7H,2H2,1H3;3*1H2,2H3,(H,5,6);1-2H3. The minimum Gasteiger partial charge on any atom is -0.478 e. The fourth-order valence-corrected chi connectivity index (χ4v) is 0.153. The molecule has 0 spiro atoms. The van der Waals surface area contributed by atoms with E-state index in [1.165, 1.54) is 27.7 Å². The normalized spacial score (nSPS) is 10.1. The van der Waals surface area contributed by atoms with E-state index >= 15 is 0 Å². The lowest BCUT2D eigenvalue weighted by atomic mass is 10.2. The van der Waals surface area contributed by atoms with Crippen LogP contribution in [0.4, 0.5) is 0 Å². The van der Waals surface area contributed by atoms with E-state index in [1.54, 1.807) is 0 Å². The Bertz CT molecular complexity index is 372. The average Bonchev–Trinajstić information content (AvgIpc) is 2.57. The lowest BCUT2D eigenvalue weighted by Gasteiger charge is -2.07. The highest BCUT2D eigenvalue weighted by molar-refractivity contribution is 5.85. The summed E-state index contributed by atoms with van der Waals surface area (Å²) in [5.41, 5.74) is 0.528. The highest BCUT2D eigenvalue weighted by atomic mass is 16.4. The largest absolute Gasteiger partial charge is 0.478 e. The van der Waals surface area contributed by atoms with Gasteiger partial charge in [0.15, 0.2) is 0 Å². The summed E-state index contributed by atoms with van der Waals surface area (Å²) in [6, 6.07) is 0. The first-order valence-corrected chi connectivity index (χ1v) is 7.75. The van der Waals surface area contributed by atoms with Crippen LogP contribution in [0.5, 0.6) is 0 Å². The van der Waals surface area contributed by atoms with E-state index in [4.69, 9.17) is 30.6 Å². The zero-order valence-corrected chi connectivity index (χ0v) is 16.9. The van der Waals surface area contributed by atoms with Crippen LogP contribution in [-0.4, -0.2) is 67.4 Å². The van der Waals surface area contributed by atoms with Crippen molar-refractivity contribution in [2.45, 2.75) is 53.8 Å². The molecule has 0 aromatic heterocycles. The van der Waals surface area contributed by atoms with Crippen LogP contribution in [0.3, 0.4) is 0 Å². The Balaban J connectivity index is -0.0000000773. The van der Waals surface area contributed by atoms with Crippen LogP contribution in [0.15, 0.2) is 36.5 Å². The van der Waals surface area contributed by atoms with Gasteiger partial charge in [0.05, 0.1) is 12.7 Å². The molecule has 27 heavy (non-hydrogen) atoms. The van der Waals surface area contributed by atoms with E-state index in [-0.39, 0.29) is 23.3 Å². The van der Waals surface area contributed by atoms with E-state index < -0.39 is 30.1 Å². The van der Waals surface area contributed by atoms with E-state index in [0.717, 1.165) is 0 Å². The summed E-state index contributed by atoms with van der Waals surface area (Å²) in [6.07, 6.45) is -1.81. The minimum atomic E-state index is -0.986. The topological polar surface area (TPSA) is 173 Å². The lowest BCUT2D eigenvalue weighted by molar-refractivity contribution is -0.133. The molecule has 0 rings (SSSR count). The van der Waals surface area contributed by atoms with Crippen LogP contribution in [-0.2, 0) is 14.4 Å². The molecule has 6 N–H and O–H groups in total. The van der Waals surface area contributed by atoms with Crippen molar-refractivity contribution in [1.82, 2.24) is 0 Å². The number of aliphatic hydroxyl groups excluding tert-OH is 3. The molecule has 0 aliphatic carbocycles. The number of aliphatic carboxylic acids is 3. The first kappa shape index (κ1) is 35.6. The minimum absolute atomic E-state index is 0.176. The first-order valence-electron chi connectivity index (χ1n) is 7.75. The predicted molar refractivity (Wildman–Crippen MR) is 103 cm³/mol. The van der Waals surface area contributed by atoms with Crippen LogP contribution in [0.1, 0.15) is 41.5 Å². The average molecular weight is 394 g/mol. The van der Waals surface area contributed by atoms with Gasteiger partial charge in [0.25, 0.3) is 0 Å². The number of aliphatic hydroxyl groups is 3. The third-order valence-corrected chi connectivity index (χ3v) is 1.84. The molecule has 9 nitrogen and oxygen atoms in total. The van der Waals surface area contributed by atoms with Crippen LogP contribution in [0.2, 0.25) is 0 Å². The Kier molecular flexibility index (Phi) is 31.0. The Morgan fingerprint density at radius 2 is 0.889 bits per heavy atom. The number of carboxylic acids is 3. The van der Waals surface area contributed by atoms with Gasteiger partial charge in [0.2, 0.25) is 0 Å². The monoisotopic (exact) mass is 394 g/mol. The van der Waals surface area contributed by atoms with Crippen LogP contribution < -0.4 is 0 Å². The molecule has 0 heterocycles. The summed E-state index contributed by atoms with van der Waals surface area (Å²) in [5.74, 6) is -2.81. The second-order valence-corrected chi connectivity index (χ2v) is 4.75. The van der Waals surface area contributed by atoms with Crippen LogP contribution in [0, 0.1) is 0 Å². The van der Waals surface area contributed by atoms with E-state index in [1.807, 2.05) is 13.8 Å². The summed E-state index contributed by atoms with van der Waals surface area (Å²) in [7, 11) is 0. The van der Waals surface area contributed by atoms with Gasteiger partial charge in [-0.2, -0.15) is 0 Å². The van der Waals surface area contributed by atoms with Crippen molar-refractivity contribution < 1.29 is 45.0 Å². The van der Waals surface area contributed by atoms with Gasteiger partial charge in [-0.1, -0.05) is 33.6 Å². The van der Waals surface area contributed by atoms with Crippen molar-refractivity contribution >= 4 is 17.9 Å². The Morgan fingerprint density at radius 3 is 0.889 bits per heavy atom. The van der Waals surface area contributed by atoms with Crippen molar-refractivity contribution in [1.29, 1.82) is 0 Å². The molecule has 0 aromatic carbocycles. The maximum Gasteiger partial charge on any atom is 0.330 e. The smallest absolute Gasteiger partial charge is 0.330 e. The number of hydrogen-bond donors (Lipinski definition) is 6.